The summed E-state index contributed by atoms with van der Waals surface area (Å²) < 4.78 is 0. The summed E-state index contributed by atoms with van der Waals surface area (Å²) in [5.41, 5.74) is 2.77. The third-order valence-corrected chi connectivity index (χ3v) is 1.68. The highest BCUT2D eigenvalue weighted by Crippen LogP contribution is 2.17. The summed E-state index contributed by atoms with van der Waals surface area (Å²) in [5.74, 6) is 0. The molecule has 1 aromatic rings. The minimum atomic E-state index is 0. The molecule has 0 amide bonds. The van der Waals surface area contributed by atoms with E-state index in [-0.39, 0.29) is 12.4 Å². The van der Waals surface area contributed by atoms with E-state index in [1.54, 1.807) is 0 Å². The average Bonchev–Trinajstić information content (AvgIpc) is 2.15. The highest BCUT2D eigenvalue weighted by Gasteiger charge is 2.10. The quantitative estimate of drug-likeness (QED) is 0.585. The van der Waals surface area contributed by atoms with Gasteiger partial charge >= 0.3 is 0 Å². The molecular formula is C6H9ClN2. The van der Waals surface area contributed by atoms with Gasteiger partial charge in [-0.2, -0.15) is 5.10 Å². The van der Waals surface area contributed by atoms with Gasteiger partial charge in [-0.1, -0.05) is 0 Å². The van der Waals surface area contributed by atoms with Crippen LogP contribution in [0.2, 0.25) is 0 Å². The van der Waals surface area contributed by atoms with E-state index in [1.807, 2.05) is 6.20 Å². The monoisotopic (exact) mass is 144 g/mol. The van der Waals surface area contributed by atoms with Crippen LogP contribution in [0.3, 0.4) is 0 Å². The minimum Gasteiger partial charge on any atom is -0.282 e. The van der Waals surface area contributed by atoms with Crippen LogP contribution >= 0.6 is 12.4 Å². The summed E-state index contributed by atoms with van der Waals surface area (Å²) in [5, 5.41) is 6.89. The summed E-state index contributed by atoms with van der Waals surface area (Å²) in [4.78, 5) is 0. The van der Waals surface area contributed by atoms with Crippen molar-refractivity contribution in [3.8, 4) is 0 Å². The van der Waals surface area contributed by atoms with E-state index in [2.05, 4.69) is 10.2 Å². The van der Waals surface area contributed by atoms with Gasteiger partial charge in [0.2, 0.25) is 0 Å². The SMILES string of the molecule is Cl.c1n[nH]c2c1CCC2. The largest absolute Gasteiger partial charge is 0.282 e. The number of nitrogens with zero attached hydrogens (tertiary/aromatic N) is 1. The van der Waals surface area contributed by atoms with Crippen molar-refractivity contribution in [2.24, 2.45) is 0 Å². The molecule has 0 atom stereocenters. The number of nitrogens with one attached hydrogen (secondary N) is 1. The Morgan fingerprint density at radius 2 is 2.33 bits per heavy atom. The molecule has 0 bridgehead atoms. The topological polar surface area (TPSA) is 28.7 Å². The number of aryl methyl sites for hydroxylation is 2. The Morgan fingerprint density at radius 3 is 3.11 bits per heavy atom. The normalized spacial score (nSPS) is 14.7. The number of aromatic nitrogens is 2. The van der Waals surface area contributed by atoms with Gasteiger partial charge in [-0.3, -0.25) is 5.10 Å². The number of fused-ring (bicyclic) bond motifs is 1. The second-order valence-corrected chi connectivity index (χ2v) is 2.23. The molecule has 3 heteroatoms. The van der Waals surface area contributed by atoms with Crippen molar-refractivity contribution in [2.75, 3.05) is 0 Å². The van der Waals surface area contributed by atoms with Gasteiger partial charge in [-0.25, -0.2) is 0 Å². The van der Waals surface area contributed by atoms with Crippen molar-refractivity contribution in [3.63, 3.8) is 0 Å². The van der Waals surface area contributed by atoms with Gasteiger partial charge in [0.1, 0.15) is 0 Å². The fourth-order valence-corrected chi connectivity index (χ4v) is 1.23. The lowest BCUT2D eigenvalue weighted by Gasteiger charge is -1.79. The van der Waals surface area contributed by atoms with E-state index in [4.69, 9.17) is 0 Å². The molecule has 0 unspecified atom stereocenters. The lowest BCUT2D eigenvalue weighted by Crippen LogP contribution is -1.76. The molecular weight excluding hydrogens is 136 g/mol. The Kier molecular flexibility index (Phi) is 1.76. The van der Waals surface area contributed by atoms with Gasteiger partial charge in [-0.15, -0.1) is 12.4 Å². The van der Waals surface area contributed by atoms with Crippen LogP contribution in [0.5, 0.6) is 0 Å². The Bertz CT molecular complexity index is 176. The van der Waals surface area contributed by atoms with Gasteiger partial charge in [0.05, 0.1) is 6.20 Å². The summed E-state index contributed by atoms with van der Waals surface area (Å²) in [6, 6.07) is 0. The number of halogens is 1. The van der Waals surface area contributed by atoms with Crippen molar-refractivity contribution in [1.82, 2.24) is 10.2 Å². The fraction of sp³-hybridized carbons (Fsp3) is 0.500. The molecule has 0 spiro atoms. The van der Waals surface area contributed by atoms with E-state index in [1.165, 1.54) is 30.5 Å². The first-order chi connectivity index (χ1) is 3.97. The first-order valence-electron chi connectivity index (χ1n) is 2.98. The molecule has 2 rings (SSSR count). The van der Waals surface area contributed by atoms with Crippen molar-refractivity contribution in [2.45, 2.75) is 19.3 Å². The van der Waals surface area contributed by atoms with Crippen LogP contribution in [0, 0.1) is 0 Å². The maximum Gasteiger partial charge on any atom is 0.0522 e. The molecule has 1 aromatic heterocycles. The number of rotatable bonds is 0. The van der Waals surface area contributed by atoms with E-state index < -0.39 is 0 Å². The molecule has 1 heterocycles. The first kappa shape index (κ1) is 6.62. The second-order valence-electron chi connectivity index (χ2n) is 2.23. The van der Waals surface area contributed by atoms with Crippen LogP contribution < -0.4 is 0 Å². The van der Waals surface area contributed by atoms with Crippen molar-refractivity contribution < 1.29 is 0 Å². The Morgan fingerprint density at radius 1 is 1.44 bits per heavy atom. The van der Waals surface area contributed by atoms with Gasteiger partial charge in [0.15, 0.2) is 0 Å². The Balaban J connectivity index is 0.000000405. The number of aromatic amines is 1. The highest BCUT2D eigenvalue weighted by molar-refractivity contribution is 5.85. The molecule has 0 saturated heterocycles. The summed E-state index contributed by atoms with van der Waals surface area (Å²) in [6.45, 7) is 0. The zero-order chi connectivity index (χ0) is 5.40. The maximum atomic E-state index is 3.92. The molecule has 1 N–H and O–H groups in total. The molecule has 0 radical (unpaired) electrons. The third-order valence-electron chi connectivity index (χ3n) is 1.68. The smallest absolute Gasteiger partial charge is 0.0522 e. The summed E-state index contributed by atoms with van der Waals surface area (Å²) in [6.07, 6.45) is 5.67. The number of hydrogen-bond acceptors (Lipinski definition) is 1. The van der Waals surface area contributed by atoms with Crippen LogP contribution in [-0.4, -0.2) is 10.2 Å². The van der Waals surface area contributed by atoms with Crippen LogP contribution in [0.25, 0.3) is 0 Å². The van der Waals surface area contributed by atoms with E-state index in [0.717, 1.165) is 0 Å². The Hall–Kier alpha value is -0.500. The van der Waals surface area contributed by atoms with Crippen molar-refractivity contribution in [3.05, 3.63) is 17.5 Å². The first-order valence-corrected chi connectivity index (χ1v) is 2.98. The van der Waals surface area contributed by atoms with E-state index in [9.17, 15) is 0 Å². The zero-order valence-electron chi connectivity index (χ0n) is 5.05. The standard InChI is InChI=1S/C6H8N2.ClH/c1-2-5-4-7-8-6(5)3-1;/h4H,1-3H2,(H,7,8);1H. The van der Waals surface area contributed by atoms with Gasteiger partial charge < -0.3 is 0 Å². The summed E-state index contributed by atoms with van der Waals surface area (Å²) in [7, 11) is 0. The second kappa shape index (κ2) is 2.40. The van der Waals surface area contributed by atoms with Gasteiger partial charge in [-0.05, 0) is 24.8 Å². The van der Waals surface area contributed by atoms with E-state index >= 15 is 0 Å². The summed E-state index contributed by atoms with van der Waals surface area (Å²) >= 11 is 0. The van der Waals surface area contributed by atoms with Gasteiger partial charge in [0.25, 0.3) is 0 Å². The van der Waals surface area contributed by atoms with Crippen LogP contribution in [0.4, 0.5) is 0 Å². The molecule has 1 aliphatic carbocycles. The zero-order valence-corrected chi connectivity index (χ0v) is 5.87. The van der Waals surface area contributed by atoms with Crippen molar-refractivity contribution >= 4 is 12.4 Å². The fourth-order valence-electron chi connectivity index (χ4n) is 1.23. The molecule has 1 aliphatic rings. The predicted molar refractivity (Wildman–Crippen MR) is 37.9 cm³/mol. The van der Waals surface area contributed by atoms with Crippen molar-refractivity contribution in [1.29, 1.82) is 0 Å². The van der Waals surface area contributed by atoms with E-state index in [0.29, 0.717) is 0 Å². The number of hydrogen-bond donors (Lipinski definition) is 1. The highest BCUT2D eigenvalue weighted by atomic mass is 35.5. The van der Waals surface area contributed by atoms with Crippen LogP contribution in [0.1, 0.15) is 17.7 Å². The van der Waals surface area contributed by atoms with Gasteiger partial charge in [0, 0.05) is 5.69 Å². The lowest BCUT2D eigenvalue weighted by atomic mass is 10.3. The maximum absolute atomic E-state index is 3.92. The average molecular weight is 145 g/mol. The molecule has 0 fully saturated rings. The Labute approximate surface area is 60.1 Å². The van der Waals surface area contributed by atoms with Crippen LogP contribution in [0.15, 0.2) is 6.20 Å². The molecule has 9 heavy (non-hydrogen) atoms. The molecule has 0 saturated carbocycles. The molecule has 50 valence electrons. The molecule has 0 aliphatic heterocycles. The predicted octanol–water partition coefficient (Wildman–Crippen LogP) is 1.32. The molecule has 0 aromatic carbocycles. The van der Waals surface area contributed by atoms with Crippen LogP contribution in [-0.2, 0) is 12.8 Å². The lowest BCUT2D eigenvalue weighted by molar-refractivity contribution is 0.864. The third kappa shape index (κ3) is 0.944. The molecule has 2 nitrogen and oxygen atoms in total. The minimum absolute atomic E-state index is 0. The number of H-pyrrole nitrogens is 1.